The largest absolute Gasteiger partial charge is 0.429 e. The normalized spacial score (nSPS) is 17.6. The van der Waals surface area contributed by atoms with Crippen molar-refractivity contribution < 1.29 is 13.2 Å². The van der Waals surface area contributed by atoms with E-state index in [1.54, 1.807) is 0 Å². The lowest BCUT2D eigenvalue weighted by molar-refractivity contribution is -0.0603. The predicted molar refractivity (Wildman–Crippen MR) is 44.9 cm³/mol. The fraction of sp³-hybridized carbons (Fsp3) is 0.375. The highest BCUT2D eigenvalue weighted by Crippen LogP contribution is 2.21. The Bertz CT molecular complexity index is 344. The van der Waals surface area contributed by atoms with Crippen LogP contribution in [0.2, 0.25) is 0 Å². The lowest BCUT2D eigenvalue weighted by atomic mass is 10.2. The minimum absolute atomic E-state index is 0.222. The van der Waals surface area contributed by atoms with Gasteiger partial charge in [0.1, 0.15) is 11.8 Å². The first-order valence-electron chi connectivity index (χ1n) is 3.81. The van der Waals surface area contributed by atoms with E-state index >= 15 is 0 Å². The SMILES string of the molecule is N#CC1=NC=CCCC(C(F)(F)F)=N1. The minimum atomic E-state index is -4.48. The van der Waals surface area contributed by atoms with E-state index in [0.29, 0.717) is 0 Å². The van der Waals surface area contributed by atoms with Crippen LogP contribution >= 0.6 is 0 Å². The van der Waals surface area contributed by atoms with E-state index < -0.39 is 17.7 Å². The molecule has 0 aliphatic carbocycles. The second-order valence-electron chi connectivity index (χ2n) is 2.54. The zero-order valence-corrected chi connectivity index (χ0v) is 7.04. The Labute approximate surface area is 78.3 Å². The highest BCUT2D eigenvalue weighted by molar-refractivity contribution is 6.07. The summed E-state index contributed by atoms with van der Waals surface area (Å²) in [4.78, 5) is 6.61. The average molecular weight is 201 g/mol. The maximum atomic E-state index is 12.2. The van der Waals surface area contributed by atoms with E-state index in [9.17, 15) is 13.2 Å². The molecule has 1 rings (SSSR count). The fourth-order valence-electron chi connectivity index (χ4n) is 0.889. The molecule has 0 fully saturated rings. The predicted octanol–water partition coefficient (Wildman–Crippen LogP) is 2.22. The fourth-order valence-corrected chi connectivity index (χ4v) is 0.889. The first-order valence-corrected chi connectivity index (χ1v) is 3.81. The quantitative estimate of drug-likeness (QED) is 0.592. The molecule has 1 aliphatic rings. The van der Waals surface area contributed by atoms with Gasteiger partial charge in [-0.15, -0.1) is 0 Å². The van der Waals surface area contributed by atoms with Crippen molar-refractivity contribution in [2.75, 3.05) is 0 Å². The van der Waals surface area contributed by atoms with Crippen LogP contribution in [0.15, 0.2) is 22.3 Å². The lowest BCUT2D eigenvalue weighted by Crippen LogP contribution is -2.24. The molecule has 1 aliphatic heterocycles. The number of rotatable bonds is 0. The summed E-state index contributed by atoms with van der Waals surface area (Å²) in [6.45, 7) is 0. The van der Waals surface area contributed by atoms with Gasteiger partial charge < -0.3 is 0 Å². The van der Waals surface area contributed by atoms with E-state index in [-0.39, 0.29) is 12.8 Å². The molecule has 0 bridgehead atoms. The summed E-state index contributed by atoms with van der Waals surface area (Å²) in [5.41, 5.74) is -0.956. The summed E-state index contributed by atoms with van der Waals surface area (Å²) < 4.78 is 36.7. The molecular weight excluding hydrogens is 195 g/mol. The van der Waals surface area contributed by atoms with Crippen LogP contribution in [0.4, 0.5) is 13.2 Å². The summed E-state index contributed by atoms with van der Waals surface area (Å²) in [6.07, 6.45) is -1.73. The van der Waals surface area contributed by atoms with Gasteiger partial charge in [-0.2, -0.15) is 18.4 Å². The van der Waals surface area contributed by atoms with Crippen LogP contribution in [0.1, 0.15) is 12.8 Å². The van der Waals surface area contributed by atoms with Gasteiger partial charge in [0, 0.05) is 6.20 Å². The third-order valence-electron chi connectivity index (χ3n) is 1.52. The van der Waals surface area contributed by atoms with Crippen LogP contribution in [-0.2, 0) is 0 Å². The number of hydrogen-bond donors (Lipinski definition) is 0. The standard InChI is InChI=1S/C8H6F3N3/c9-8(10,11)6-3-1-2-4-13-7(5-12)14-6/h2,4H,1,3H2. The highest BCUT2D eigenvalue weighted by Gasteiger charge is 2.35. The number of nitrogens with zero attached hydrogens (tertiary/aromatic N) is 3. The number of allylic oxidation sites excluding steroid dienone is 1. The Morgan fingerprint density at radius 1 is 1.43 bits per heavy atom. The Hall–Kier alpha value is -1.64. The maximum absolute atomic E-state index is 12.2. The third-order valence-corrected chi connectivity index (χ3v) is 1.52. The maximum Gasteiger partial charge on any atom is 0.429 e. The van der Waals surface area contributed by atoms with Crippen molar-refractivity contribution in [3.8, 4) is 6.07 Å². The summed E-state index contributed by atoms with van der Waals surface area (Å²) in [6, 6.07) is 1.48. The number of alkyl halides is 3. The molecule has 0 radical (unpaired) electrons. The summed E-state index contributed by atoms with van der Waals surface area (Å²) >= 11 is 0. The Morgan fingerprint density at radius 2 is 2.14 bits per heavy atom. The number of aliphatic imine (C=N–C) groups is 2. The molecule has 74 valence electrons. The van der Waals surface area contributed by atoms with Gasteiger partial charge in [-0.3, -0.25) is 0 Å². The summed E-state index contributed by atoms with van der Waals surface area (Å²) in [5, 5.41) is 8.40. The molecule has 0 saturated heterocycles. The molecule has 6 heteroatoms. The number of hydrogen-bond acceptors (Lipinski definition) is 3. The number of halogens is 3. The zero-order chi connectivity index (χ0) is 10.6. The van der Waals surface area contributed by atoms with Crippen LogP contribution in [0, 0.1) is 11.3 Å². The third kappa shape index (κ3) is 2.69. The Morgan fingerprint density at radius 3 is 2.71 bits per heavy atom. The van der Waals surface area contributed by atoms with E-state index in [1.165, 1.54) is 18.3 Å². The number of amidine groups is 1. The first-order chi connectivity index (χ1) is 6.54. The van der Waals surface area contributed by atoms with Gasteiger partial charge in [-0.1, -0.05) is 6.08 Å². The molecule has 0 saturated carbocycles. The molecule has 1 heterocycles. The topological polar surface area (TPSA) is 48.5 Å². The van der Waals surface area contributed by atoms with Crippen molar-refractivity contribution in [1.29, 1.82) is 5.26 Å². The van der Waals surface area contributed by atoms with Gasteiger partial charge in [-0.25, -0.2) is 9.98 Å². The second-order valence-corrected chi connectivity index (χ2v) is 2.54. The molecule has 0 aromatic heterocycles. The second kappa shape index (κ2) is 4.05. The minimum Gasteiger partial charge on any atom is -0.228 e. The van der Waals surface area contributed by atoms with Crippen LogP contribution in [0.3, 0.4) is 0 Å². The molecule has 14 heavy (non-hydrogen) atoms. The van der Waals surface area contributed by atoms with Crippen molar-refractivity contribution in [3.63, 3.8) is 0 Å². The Kier molecular flexibility index (Phi) is 3.02. The molecule has 0 spiro atoms. The molecular formula is C8H6F3N3. The van der Waals surface area contributed by atoms with Gasteiger partial charge in [-0.05, 0) is 12.8 Å². The van der Waals surface area contributed by atoms with Gasteiger partial charge in [0.15, 0.2) is 0 Å². The average Bonchev–Trinajstić information content (AvgIpc) is 2.01. The van der Waals surface area contributed by atoms with Crippen molar-refractivity contribution >= 4 is 11.5 Å². The van der Waals surface area contributed by atoms with E-state index in [1.807, 2.05) is 0 Å². The van der Waals surface area contributed by atoms with Gasteiger partial charge in [0.05, 0.1) is 0 Å². The van der Waals surface area contributed by atoms with E-state index in [2.05, 4.69) is 9.98 Å². The molecule has 0 amide bonds. The van der Waals surface area contributed by atoms with Crippen molar-refractivity contribution in [2.24, 2.45) is 9.98 Å². The van der Waals surface area contributed by atoms with Crippen molar-refractivity contribution in [3.05, 3.63) is 12.3 Å². The number of nitriles is 1. The van der Waals surface area contributed by atoms with Crippen molar-refractivity contribution in [1.82, 2.24) is 0 Å². The lowest BCUT2D eigenvalue weighted by Gasteiger charge is -2.09. The van der Waals surface area contributed by atoms with Crippen LogP contribution in [0.25, 0.3) is 0 Å². The summed E-state index contributed by atoms with van der Waals surface area (Å²) in [7, 11) is 0. The van der Waals surface area contributed by atoms with Gasteiger partial charge >= 0.3 is 6.18 Å². The molecule has 0 unspecified atom stereocenters. The monoisotopic (exact) mass is 201 g/mol. The molecule has 0 N–H and O–H groups in total. The zero-order valence-electron chi connectivity index (χ0n) is 7.04. The molecule has 3 nitrogen and oxygen atoms in total. The molecule has 0 aromatic rings. The molecule has 0 atom stereocenters. The first kappa shape index (κ1) is 10.4. The van der Waals surface area contributed by atoms with Gasteiger partial charge in [0.25, 0.3) is 0 Å². The van der Waals surface area contributed by atoms with Crippen LogP contribution in [0.5, 0.6) is 0 Å². The highest BCUT2D eigenvalue weighted by atomic mass is 19.4. The van der Waals surface area contributed by atoms with Crippen LogP contribution in [-0.4, -0.2) is 17.7 Å². The van der Waals surface area contributed by atoms with Gasteiger partial charge in [0.2, 0.25) is 5.84 Å². The Balaban J connectivity index is 3.03. The summed E-state index contributed by atoms with van der Waals surface area (Å²) in [5.74, 6) is -0.465. The smallest absolute Gasteiger partial charge is 0.228 e. The van der Waals surface area contributed by atoms with Crippen molar-refractivity contribution in [2.45, 2.75) is 19.0 Å². The van der Waals surface area contributed by atoms with E-state index in [4.69, 9.17) is 5.26 Å². The van der Waals surface area contributed by atoms with E-state index in [0.717, 1.165) is 0 Å². The van der Waals surface area contributed by atoms with Crippen LogP contribution < -0.4 is 0 Å². The molecule has 0 aromatic carbocycles.